The third-order valence-corrected chi connectivity index (χ3v) is 10.8. The molecule has 12 heteroatoms. The third-order valence-electron chi connectivity index (χ3n) is 10.0. The highest BCUT2D eigenvalue weighted by Gasteiger charge is 2.29. The molecular weight excluding hydrogens is 751 g/mol. The van der Waals surface area contributed by atoms with Crippen molar-refractivity contribution in [2.45, 2.75) is 66.5 Å². The minimum atomic E-state index is -0.473. The summed E-state index contributed by atoms with van der Waals surface area (Å²) in [5.41, 5.74) is 10.0. The van der Waals surface area contributed by atoms with Crippen LogP contribution < -0.4 is 10.9 Å². The minimum Gasteiger partial charge on any atom is -0.507 e. The normalized spacial score (nSPS) is 12.0. The van der Waals surface area contributed by atoms with E-state index in [0.717, 1.165) is 11.1 Å². The van der Waals surface area contributed by atoms with Gasteiger partial charge in [0.2, 0.25) is 0 Å². The molecule has 0 aliphatic carbocycles. The summed E-state index contributed by atoms with van der Waals surface area (Å²) in [6, 6.07) is 18.2. The molecule has 6 rings (SSSR count). The minimum absolute atomic E-state index is 0.0484. The first-order valence-corrected chi connectivity index (χ1v) is 18.9. The lowest BCUT2D eigenvalue weighted by Gasteiger charge is -2.23. The van der Waals surface area contributed by atoms with Gasteiger partial charge in [0.05, 0.1) is 36.6 Å². The second kappa shape index (κ2) is 16.1. The van der Waals surface area contributed by atoms with Gasteiger partial charge in [-0.2, -0.15) is 10.2 Å². The molecule has 0 atom stereocenters. The monoisotopic (exact) mass is 794 g/mol. The number of fused-ring (bicyclic) bond motifs is 2. The summed E-state index contributed by atoms with van der Waals surface area (Å²) >= 11 is 12.6. The molecule has 56 heavy (non-hydrogen) atoms. The molecule has 290 valence electrons. The van der Waals surface area contributed by atoms with Crippen LogP contribution in [0.25, 0.3) is 32.7 Å². The summed E-state index contributed by atoms with van der Waals surface area (Å²) in [7, 11) is 0. The first-order chi connectivity index (χ1) is 26.6. The van der Waals surface area contributed by atoms with Crippen LogP contribution in [0.3, 0.4) is 0 Å². The quantitative estimate of drug-likeness (QED) is 0.0364. The van der Waals surface area contributed by atoms with Crippen LogP contribution >= 0.6 is 23.2 Å². The second-order valence-corrected chi connectivity index (χ2v) is 15.2. The van der Waals surface area contributed by atoms with E-state index in [1.54, 1.807) is 38.1 Å². The van der Waals surface area contributed by atoms with E-state index in [-0.39, 0.29) is 80.9 Å². The molecule has 0 saturated heterocycles. The van der Waals surface area contributed by atoms with Crippen LogP contribution in [0.2, 0.25) is 10.0 Å². The Labute approximate surface area is 335 Å². The molecule has 0 amide bonds. The standard InChI is InChI=1S/C44H44Cl2N4O6/c1-21(2)33-27-15-23(5)35(41(53)37(27)29(39(51)43(33)55)19-49-47-17-25-11-7-9-13-31(25)45)36-24(6)16-28-34(22(3)4)44(56)40(52)30(38(28)42(36)54)20-50-48-18-26-12-8-10-14-32(26)46/h7-16,19-22,47-48,51-56H,17-18H2,1-6H3. The molecule has 0 spiro atoms. The van der Waals surface area contributed by atoms with E-state index in [0.29, 0.717) is 43.1 Å². The van der Waals surface area contributed by atoms with Gasteiger partial charge in [-0.05, 0) is 70.8 Å². The van der Waals surface area contributed by atoms with Crippen LogP contribution in [0.15, 0.2) is 70.9 Å². The van der Waals surface area contributed by atoms with Crippen LogP contribution in [-0.2, 0) is 13.1 Å². The van der Waals surface area contributed by atoms with Gasteiger partial charge >= 0.3 is 0 Å². The molecule has 0 fully saturated rings. The first kappa shape index (κ1) is 39.8. The molecule has 0 aromatic heterocycles. The van der Waals surface area contributed by atoms with Crippen molar-refractivity contribution in [3.8, 4) is 45.6 Å². The van der Waals surface area contributed by atoms with Crippen molar-refractivity contribution in [3.05, 3.63) is 115 Å². The number of aryl methyl sites for hydroxylation is 2. The Morgan fingerprint density at radius 2 is 0.911 bits per heavy atom. The van der Waals surface area contributed by atoms with Crippen molar-refractivity contribution >= 4 is 57.2 Å². The molecule has 0 aliphatic heterocycles. The molecule has 0 saturated carbocycles. The second-order valence-electron chi connectivity index (χ2n) is 14.4. The molecule has 0 aliphatic rings. The number of nitrogens with one attached hydrogen (secondary N) is 2. The van der Waals surface area contributed by atoms with Gasteiger partial charge in [0.1, 0.15) is 11.5 Å². The average molecular weight is 796 g/mol. The number of phenolic OH excluding ortho intramolecular Hbond substituents is 6. The highest BCUT2D eigenvalue weighted by atomic mass is 35.5. The highest BCUT2D eigenvalue weighted by Crippen LogP contribution is 2.54. The molecule has 8 N–H and O–H groups in total. The van der Waals surface area contributed by atoms with Crippen molar-refractivity contribution in [1.82, 2.24) is 10.9 Å². The largest absolute Gasteiger partial charge is 0.507 e. The van der Waals surface area contributed by atoms with Gasteiger partial charge in [0, 0.05) is 43.1 Å². The lowest BCUT2D eigenvalue weighted by molar-refractivity contribution is 0.398. The highest BCUT2D eigenvalue weighted by molar-refractivity contribution is 6.31. The van der Waals surface area contributed by atoms with Crippen LogP contribution in [0.5, 0.6) is 34.5 Å². The lowest BCUT2D eigenvalue weighted by atomic mass is 9.83. The van der Waals surface area contributed by atoms with Crippen molar-refractivity contribution in [2.75, 3.05) is 0 Å². The van der Waals surface area contributed by atoms with Gasteiger partial charge in [0.15, 0.2) is 23.0 Å². The van der Waals surface area contributed by atoms with Crippen LogP contribution in [0.4, 0.5) is 0 Å². The maximum Gasteiger partial charge on any atom is 0.167 e. The van der Waals surface area contributed by atoms with E-state index in [1.807, 2.05) is 64.1 Å². The molecule has 6 aromatic rings. The fourth-order valence-electron chi connectivity index (χ4n) is 7.39. The number of rotatable bonds is 11. The number of halogens is 2. The zero-order valence-electron chi connectivity index (χ0n) is 31.8. The SMILES string of the molecule is Cc1cc2c(C(C)C)c(O)c(O)c(C=NNCc3ccccc3Cl)c2c(O)c1-c1c(C)cc2c(C(C)C)c(O)c(O)c(C=NNCc3ccccc3Cl)c2c1O. The van der Waals surface area contributed by atoms with Crippen molar-refractivity contribution in [1.29, 1.82) is 0 Å². The predicted octanol–water partition coefficient (Wildman–Crippen LogP) is 10.3. The van der Waals surface area contributed by atoms with Crippen molar-refractivity contribution in [2.24, 2.45) is 10.2 Å². The summed E-state index contributed by atoms with van der Waals surface area (Å²) in [6.45, 7) is 11.6. The molecule has 0 bridgehead atoms. The Morgan fingerprint density at radius 3 is 1.25 bits per heavy atom. The van der Waals surface area contributed by atoms with E-state index in [1.165, 1.54) is 12.4 Å². The first-order valence-electron chi connectivity index (χ1n) is 18.1. The lowest BCUT2D eigenvalue weighted by Crippen LogP contribution is -2.07. The van der Waals surface area contributed by atoms with Crippen molar-refractivity contribution in [3.63, 3.8) is 0 Å². The Bertz CT molecular complexity index is 2390. The molecule has 0 radical (unpaired) electrons. The van der Waals surface area contributed by atoms with Gasteiger partial charge in [0.25, 0.3) is 0 Å². The number of phenols is 6. The van der Waals surface area contributed by atoms with E-state index in [9.17, 15) is 30.6 Å². The summed E-state index contributed by atoms with van der Waals surface area (Å²) in [4.78, 5) is 0. The fourth-order valence-corrected chi connectivity index (χ4v) is 7.79. The smallest absolute Gasteiger partial charge is 0.167 e. The van der Waals surface area contributed by atoms with Crippen LogP contribution in [0, 0.1) is 13.8 Å². The number of hydrogen-bond donors (Lipinski definition) is 8. The summed E-state index contributed by atoms with van der Waals surface area (Å²) in [5, 5.41) is 81.2. The Balaban J connectivity index is 1.58. The summed E-state index contributed by atoms with van der Waals surface area (Å²) in [6.07, 6.45) is 2.65. The molecule has 0 heterocycles. The van der Waals surface area contributed by atoms with Gasteiger partial charge in [-0.1, -0.05) is 99.4 Å². The Hall–Kier alpha value is -5.84. The zero-order valence-corrected chi connectivity index (χ0v) is 33.3. The zero-order chi connectivity index (χ0) is 40.6. The maximum absolute atomic E-state index is 12.4. The summed E-state index contributed by atoms with van der Waals surface area (Å²) < 4.78 is 0. The number of nitrogens with zero attached hydrogens (tertiary/aromatic N) is 2. The van der Waals surface area contributed by atoms with Gasteiger partial charge < -0.3 is 41.5 Å². The average Bonchev–Trinajstić information content (AvgIpc) is 3.14. The predicted molar refractivity (Wildman–Crippen MR) is 226 cm³/mol. The van der Waals surface area contributed by atoms with Crippen molar-refractivity contribution < 1.29 is 30.6 Å². The maximum atomic E-state index is 12.4. The molecular formula is C44H44Cl2N4O6. The third kappa shape index (κ3) is 7.18. The van der Waals surface area contributed by atoms with E-state index < -0.39 is 11.5 Å². The van der Waals surface area contributed by atoms with E-state index >= 15 is 0 Å². The Kier molecular flexibility index (Phi) is 11.5. The van der Waals surface area contributed by atoms with E-state index in [2.05, 4.69) is 21.1 Å². The van der Waals surface area contributed by atoms with Crippen LogP contribution in [-0.4, -0.2) is 43.1 Å². The number of benzene rings is 6. The number of hydrogen-bond acceptors (Lipinski definition) is 10. The van der Waals surface area contributed by atoms with Crippen LogP contribution in [0.1, 0.15) is 84.0 Å². The molecule has 0 unspecified atom stereocenters. The van der Waals surface area contributed by atoms with E-state index in [4.69, 9.17) is 23.2 Å². The number of aromatic hydroxyl groups is 6. The molecule has 6 aromatic carbocycles. The topological polar surface area (TPSA) is 170 Å². The number of hydrazone groups is 2. The van der Waals surface area contributed by atoms with Gasteiger partial charge in [-0.3, -0.25) is 0 Å². The fraction of sp³-hybridized carbons (Fsp3) is 0.227. The Morgan fingerprint density at radius 1 is 0.554 bits per heavy atom. The van der Waals surface area contributed by atoms with Gasteiger partial charge in [-0.25, -0.2) is 0 Å². The molecule has 10 nitrogen and oxygen atoms in total. The summed E-state index contributed by atoms with van der Waals surface area (Å²) in [5.74, 6) is -2.67. The van der Waals surface area contributed by atoms with Gasteiger partial charge in [-0.15, -0.1) is 0 Å².